The van der Waals surface area contributed by atoms with Crippen LogP contribution in [0.4, 0.5) is 0 Å². The molecule has 3 aliphatic rings. The van der Waals surface area contributed by atoms with E-state index in [1.54, 1.807) is 28.0 Å². The molecule has 39 heavy (non-hydrogen) atoms. The third kappa shape index (κ3) is 3.72. The summed E-state index contributed by atoms with van der Waals surface area (Å²) in [6.07, 6.45) is 0.406. The van der Waals surface area contributed by atoms with Gasteiger partial charge in [0.1, 0.15) is 12.6 Å². The quantitative estimate of drug-likeness (QED) is 0.411. The van der Waals surface area contributed by atoms with E-state index in [1.807, 2.05) is 48.5 Å². The molecule has 9 heteroatoms. The first kappa shape index (κ1) is 23.3. The number of aromatic amines is 1. The van der Waals surface area contributed by atoms with E-state index < -0.39 is 18.1 Å². The highest BCUT2D eigenvalue weighted by Gasteiger charge is 2.48. The Bertz CT molecular complexity index is 1660. The van der Waals surface area contributed by atoms with Crippen LogP contribution in [0.5, 0.6) is 11.5 Å². The van der Waals surface area contributed by atoms with Crippen LogP contribution in [0.25, 0.3) is 10.9 Å². The monoisotopic (exact) mass is 523 g/mol. The van der Waals surface area contributed by atoms with Crippen LogP contribution in [-0.2, 0) is 27.3 Å². The van der Waals surface area contributed by atoms with Gasteiger partial charge in [0.2, 0.25) is 18.6 Å². The molecular formula is C30H25N3O6. The molecular weight excluding hydrogens is 498 g/mol. The molecule has 0 aliphatic carbocycles. The van der Waals surface area contributed by atoms with Crippen LogP contribution in [0.1, 0.15) is 38.8 Å². The van der Waals surface area contributed by atoms with Gasteiger partial charge in [-0.15, -0.1) is 0 Å². The SMILES string of the molecule is COC(=O)c1cccc(CN2CC(=O)N3[C@H](c4ccc5c(c4)OCO5)c4[nH]c5ccccc5c4C[C@@H]3C2=O)c1. The minimum absolute atomic E-state index is 0.0611. The summed E-state index contributed by atoms with van der Waals surface area (Å²) in [4.78, 5) is 46.7. The van der Waals surface area contributed by atoms with E-state index >= 15 is 0 Å². The number of para-hydroxylation sites is 1. The standard InChI is InChI=1S/C30H25N3O6/c1-37-30(36)19-6-4-5-17(11-19)14-32-15-26(34)33-23(29(32)35)13-21-20-7-2-3-8-22(20)31-27(21)28(33)18-9-10-24-25(12-18)39-16-38-24/h2-12,23,28,31H,13-16H2,1H3/t23-,28-/m1/s1. The number of amides is 2. The molecule has 0 spiro atoms. The Labute approximate surface area is 223 Å². The molecule has 3 aromatic carbocycles. The average Bonchev–Trinajstić information content (AvgIpc) is 3.58. The Hall–Kier alpha value is -4.79. The molecule has 1 aromatic heterocycles. The Balaban J connectivity index is 1.29. The Morgan fingerprint density at radius 1 is 1.03 bits per heavy atom. The minimum atomic E-state index is -0.669. The topological polar surface area (TPSA) is 101 Å². The van der Waals surface area contributed by atoms with Crippen molar-refractivity contribution in [3.8, 4) is 11.5 Å². The molecule has 0 saturated carbocycles. The van der Waals surface area contributed by atoms with Gasteiger partial charge in [0, 0.05) is 29.6 Å². The smallest absolute Gasteiger partial charge is 0.337 e. The molecule has 2 atom stereocenters. The number of rotatable bonds is 4. The van der Waals surface area contributed by atoms with Crippen molar-refractivity contribution in [1.82, 2.24) is 14.8 Å². The fourth-order valence-electron chi connectivity index (χ4n) is 6.02. The van der Waals surface area contributed by atoms with Gasteiger partial charge in [-0.25, -0.2) is 4.79 Å². The van der Waals surface area contributed by atoms with Crippen molar-refractivity contribution < 1.29 is 28.6 Å². The van der Waals surface area contributed by atoms with Gasteiger partial charge < -0.3 is 29.0 Å². The van der Waals surface area contributed by atoms with Crippen molar-refractivity contribution in [3.63, 3.8) is 0 Å². The van der Waals surface area contributed by atoms with Crippen LogP contribution >= 0.6 is 0 Å². The lowest BCUT2D eigenvalue weighted by Gasteiger charge is -2.47. The van der Waals surface area contributed by atoms with Gasteiger partial charge in [-0.1, -0.05) is 36.4 Å². The second-order valence-electron chi connectivity index (χ2n) is 9.99. The first-order chi connectivity index (χ1) is 19.0. The lowest BCUT2D eigenvalue weighted by molar-refractivity contribution is -0.159. The number of fused-ring (bicyclic) bond motifs is 5. The summed E-state index contributed by atoms with van der Waals surface area (Å²) in [5.41, 5.74) is 4.90. The summed E-state index contributed by atoms with van der Waals surface area (Å²) in [6, 6.07) is 19.5. The Kier molecular flexibility index (Phi) is 5.33. The highest BCUT2D eigenvalue weighted by atomic mass is 16.7. The Morgan fingerprint density at radius 3 is 2.74 bits per heavy atom. The van der Waals surface area contributed by atoms with Crippen LogP contribution < -0.4 is 9.47 Å². The molecule has 4 heterocycles. The minimum Gasteiger partial charge on any atom is -0.465 e. The maximum absolute atomic E-state index is 14.0. The first-order valence-corrected chi connectivity index (χ1v) is 12.8. The van der Waals surface area contributed by atoms with Crippen LogP contribution in [0.15, 0.2) is 66.7 Å². The van der Waals surface area contributed by atoms with Gasteiger partial charge in [0.05, 0.1) is 18.7 Å². The summed E-state index contributed by atoms with van der Waals surface area (Å²) < 4.78 is 16.0. The van der Waals surface area contributed by atoms with Crippen molar-refractivity contribution in [2.75, 3.05) is 20.4 Å². The van der Waals surface area contributed by atoms with Gasteiger partial charge in [-0.05, 0) is 47.0 Å². The van der Waals surface area contributed by atoms with Crippen LogP contribution in [0, 0.1) is 0 Å². The van der Waals surface area contributed by atoms with Gasteiger partial charge in [0.15, 0.2) is 11.5 Å². The molecule has 1 N–H and O–H groups in total. The summed E-state index contributed by atoms with van der Waals surface area (Å²) in [7, 11) is 1.33. The fraction of sp³-hybridized carbons (Fsp3) is 0.233. The first-order valence-electron chi connectivity index (χ1n) is 12.8. The lowest BCUT2D eigenvalue weighted by Crippen LogP contribution is -2.62. The number of hydrogen-bond donors (Lipinski definition) is 1. The van der Waals surface area contributed by atoms with Crippen molar-refractivity contribution in [1.29, 1.82) is 0 Å². The predicted octanol–water partition coefficient (Wildman–Crippen LogP) is 3.57. The molecule has 1 saturated heterocycles. The number of H-pyrrole nitrogens is 1. The predicted molar refractivity (Wildman–Crippen MR) is 140 cm³/mol. The van der Waals surface area contributed by atoms with E-state index in [1.165, 1.54) is 7.11 Å². The van der Waals surface area contributed by atoms with Gasteiger partial charge in [-0.3, -0.25) is 9.59 Å². The highest BCUT2D eigenvalue weighted by Crippen LogP contribution is 2.45. The third-order valence-electron chi connectivity index (χ3n) is 7.78. The zero-order valence-electron chi connectivity index (χ0n) is 21.2. The maximum Gasteiger partial charge on any atom is 0.337 e. The molecule has 0 unspecified atom stereocenters. The third-order valence-corrected chi connectivity index (χ3v) is 7.78. The number of methoxy groups -OCH3 is 1. The Morgan fingerprint density at radius 2 is 1.87 bits per heavy atom. The fourth-order valence-corrected chi connectivity index (χ4v) is 6.02. The van der Waals surface area contributed by atoms with E-state index in [-0.39, 0.29) is 31.7 Å². The van der Waals surface area contributed by atoms with E-state index in [9.17, 15) is 14.4 Å². The largest absolute Gasteiger partial charge is 0.465 e. The molecule has 2 amide bonds. The second kappa shape index (κ2) is 8.90. The number of ether oxygens (including phenoxy) is 3. The number of benzene rings is 3. The zero-order valence-corrected chi connectivity index (χ0v) is 21.2. The summed E-state index contributed by atoms with van der Waals surface area (Å²) in [5, 5.41) is 1.04. The normalized spacial score (nSPS) is 19.7. The van der Waals surface area contributed by atoms with Crippen molar-refractivity contribution in [2.24, 2.45) is 0 Å². The number of nitrogens with zero attached hydrogens (tertiary/aromatic N) is 2. The average molecular weight is 524 g/mol. The van der Waals surface area contributed by atoms with E-state index in [0.29, 0.717) is 23.5 Å². The van der Waals surface area contributed by atoms with Crippen molar-refractivity contribution in [2.45, 2.75) is 25.0 Å². The summed E-state index contributed by atoms with van der Waals surface area (Å²) in [5.74, 6) is 0.560. The molecule has 9 nitrogen and oxygen atoms in total. The molecule has 0 bridgehead atoms. The van der Waals surface area contributed by atoms with Gasteiger partial charge >= 0.3 is 5.97 Å². The molecule has 196 valence electrons. The van der Waals surface area contributed by atoms with Gasteiger partial charge in [0.25, 0.3) is 0 Å². The lowest BCUT2D eigenvalue weighted by atomic mass is 9.86. The van der Waals surface area contributed by atoms with Crippen molar-refractivity contribution in [3.05, 3.63) is 94.7 Å². The van der Waals surface area contributed by atoms with Crippen LogP contribution in [0.3, 0.4) is 0 Å². The number of nitrogens with one attached hydrogen (secondary N) is 1. The number of esters is 1. The number of carbonyl (C=O) groups is 3. The maximum atomic E-state index is 14.0. The van der Waals surface area contributed by atoms with E-state index in [2.05, 4.69) is 4.98 Å². The van der Waals surface area contributed by atoms with Crippen LogP contribution in [-0.4, -0.2) is 59.1 Å². The van der Waals surface area contributed by atoms with Crippen LogP contribution in [0.2, 0.25) is 0 Å². The van der Waals surface area contributed by atoms with Crippen molar-refractivity contribution >= 4 is 28.7 Å². The molecule has 3 aliphatic heterocycles. The number of carbonyl (C=O) groups excluding carboxylic acids is 3. The summed E-state index contributed by atoms with van der Waals surface area (Å²) >= 11 is 0. The summed E-state index contributed by atoms with van der Waals surface area (Å²) in [6.45, 7) is 0.306. The molecule has 4 aromatic rings. The van der Waals surface area contributed by atoms with E-state index in [4.69, 9.17) is 14.2 Å². The van der Waals surface area contributed by atoms with Gasteiger partial charge in [-0.2, -0.15) is 0 Å². The molecule has 1 fully saturated rings. The highest BCUT2D eigenvalue weighted by molar-refractivity contribution is 5.97. The molecule has 0 radical (unpaired) electrons. The van der Waals surface area contributed by atoms with E-state index in [0.717, 1.165) is 33.3 Å². The number of aromatic nitrogens is 1. The second-order valence-corrected chi connectivity index (χ2v) is 9.99. The zero-order chi connectivity index (χ0) is 26.7. The number of piperazine rings is 1. The molecule has 7 rings (SSSR count). The number of hydrogen-bond acceptors (Lipinski definition) is 6.